The molecule has 0 aliphatic carbocycles. The maximum Gasteiger partial charge on any atom is 0.284 e. The summed E-state index contributed by atoms with van der Waals surface area (Å²) in [5, 5.41) is 0. The van der Waals surface area contributed by atoms with Gasteiger partial charge in [0.2, 0.25) is 0 Å². The molecule has 0 amide bonds. The maximum atomic E-state index is 7.03. The Balaban J connectivity index is 3.01. The van der Waals surface area contributed by atoms with Gasteiger partial charge in [0, 0.05) is 0 Å². The minimum Gasteiger partial charge on any atom is -0.460 e. The SMILES string of the molecule is C[Si]1(C)O[Si](C)(C)[Si](C)(C)[SiH2]O[SiH2]O[SiH2]O[SiH2][Si]1(C)C. The van der Waals surface area contributed by atoms with Gasteiger partial charge in [-0.15, -0.1) is 0 Å². The van der Waals surface area contributed by atoms with Crippen LogP contribution in [0.3, 0.4) is 0 Å². The van der Waals surface area contributed by atoms with Crippen molar-refractivity contribution in [1.29, 1.82) is 0 Å². The predicted octanol–water partition coefficient (Wildman–Crippen LogP) is -0.791. The van der Waals surface area contributed by atoms with E-state index in [1.807, 2.05) is 0 Å². The summed E-state index contributed by atoms with van der Waals surface area (Å²) in [6.45, 7) is 19.9. The van der Waals surface area contributed by atoms with E-state index in [0.717, 1.165) is 0 Å². The van der Waals surface area contributed by atoms with Gasteiger partial charge in [-0.2, -0.15) is 0 Å². The van der Waals surface area contributed by atoms with E-state index in [-0.39, 0.29) is 0 Å². The largest absolute Gasteiger partial charge is 0.460 e. The van der Waals surface area contributed by atoms with Crippen LogP contribution in [0.1, 0.15) is 0 Å². The Labute approximate surface area is 137 Å². The molecule has 0 N–H and O–H groups in total. The van der Waals surface area contributed by atoms with Gasteiger partial charge >= 0.3 is 0 Å². The highest BCUT2D eigenvalue weighted by Gasteiger charge is 2.52. The molecule has 0 aromatic carbocycles. The highest BCUT2D eigenvalue weighted by atomic mass is 29.6. The van der Waals surface area contributed by atoms with Crippen molar-refractivity contribution in [2.24, 2.45) is 0 Å². The molecule has 1 heterocycles. The molecule has 1 saturated heterocycles. The molecule has 1 aliphatic rings. The van der Waals surface area contributed by atoms with Gasteiger partial charge in [0.1, 0.15) is 18.6 Å². The molecule has 0 aromatic rings. The molecule has 4 nitrogen and oxygen atoms in total. The summed E-state index contributed by atoms with van der Waals surface area (Å²) in [6, 6.07) is 0. The van der Waals surface area contributed by atoms with Gasteiger partial charge in [-0.25, -0.2) is 0 Å². The van der Waals surface area contributed by atoms with Gasteiger partial charge in [-0.05, 0) is 26.2 Å². The van der Waals surface area contributed by atoms with Gasteiger partial charge in [-0.3, -0.25) is 0 Å². The molecule has 1 aliphatic heterocycles. The van der Waals surface area contributed by atoms with Gasteiger partial charge in [0.05, 0.1) is 14.2 Å². The average molecular weight is 417 g/mol. The van der Waals surface area contributed by atoms with Crippen LogP contribution < -0.4 is 0 Å². The second kappa shape index (κ2) is 6.99. The predicted molar refractivity (Wildman–Crippen MR) is 108 cm³/mol. The first-order valence-corrected chi connectivity index (χ1v) is 29.3. The van der Waals surface area contributed by atoms with Gasteiger partial charge in [0.15, 0.2) is 15.7 Å². The quantitative estimate of drug-likeness (QED) is 0.485. The van der Waals surface area contributed by atoms with E-state index in [1.165, 1.54) is 0 Å². The first-order valence-electron chi connectivity index (χ1n) is 7.35. The van der Waals surface area contributed by atoms with E-state index in [9.17, 15) is 0 Å². The van der Waals surface area contributed by atoms with E-state index >= 15 is 0 Å². The molecule has 0 radical (unpaired) electrons. The van der Waals surface area contributed by atoms with Crippen molar-refractivity contribution in [3.05, 3.63) is 0 Å². The molecule has 0 aromatic heterocycles. The standard InChI is InChI=1S/C8H32O4Si8/c1-17(2)12-18(3,4)20(7,8)16-11-14-9-13-10-15-19(17,5)6/h13-16H2,1-8H3. The van der Waals surface area contributed by atoms with Crippen molar-refractivity contribution >= 4 is 68.5 Å². The Kier molecular flexibility index (Phi) is 6.86. The summed E-state index contributed by atoms with van der Waals surface area (Å²) in [6.07, 6.45) is 0. The summed E-state index contributed by atoms with van der Waals surface area (Å²) in [5.74, 6) is 0. The number of rotatable bonds is 0. The smallest absolute Gasteiger partial charge is 0.284 e. The van der Waals surface area contributed by atoms with Crippen LogP contribution in [0.25, 0.3) is 0 Å². The maximum absolute atomic E-state index is 7.03. The summed E-state index contributed by atoms with van der Waals surface area (Å²) < 4.78 is 24.9. The first kappa shape index (κ1) is 19.6. The van der Waals surface area contributed by atoms with E-state index < -0.39 is 68.5 Å². The van der Waals surface area contributed by atoms with E-state index in [0.29, 0.717) is 0 Å². The summed E-state index contributed by atoms with van der Waals surface area (Å²) in [5.41, 5.74) is 0. The molecule has 0 saturated carbocycles. The van der Waals surface area contributed by atoms with Crippen LogP contribution in [0.15, 0.2) is 0 Å². The highest BCUT2D eigenvalue weighted by Crippen LogP contribution is 2.29. The molecule has 120 valence electrons. The van der Waals surface area contributed by atoms with Crippen molar-refractivity contribution in [3.63, 3.8) is 0 Å². The minimum absolute atomic E-state index is 0.446. The first-order chi connectivity index (χ1) is 8.91. The average Bonchev–Trinajstić information content (AvgIpc) is 2.24. The zero-order chi connectivity index (χ0) is 15.7. The van der Waals surface area contributed by atoms with Crippen LogP contribution in [0.4, 0.5) is 0 Å². The molecular weight excluding hydrogens is 385 g/mol. The lowest BCUT2D eigenvalue weighted by Crippen LogP contribution is -2.72. The van der Waals surface area contributed by atoms with Crippen molar-refractivity contribution < 1.29 is 16.5 Å². The highest BCUT2D eigenvalue weighted by molar-refractivity contribution is 7.63. The number of hydrogen-bond donors (Lipinski definition) is 0. The Bertz CT molecular complexity index is 304. The fourth-order valence-electron chi connectivity index (χ4n) is 2.01. The normalized spacial score (nSPS) is 34.8. The van der Waals surface area contributed by atoms with Gasteiger partial charge < -0.3 is 16.5 Å². The zero-order valence-corrected chi connectivity index (χ0v) is 24.1. The molecule has 0 unspecified atom stereocenters. The lowest BCUT2D eigenvalue weighted by atomic mass is 11.9. The van der Waals surface area contributed by atoms with Crippen LogP contribution in [0.2, 0.25) is 52.4 Å². The van der Waals surface area contributed by atoms with Crippen molar-refractivity contribution in [1.82, 2.24) is 0 Å². The van der Waals surface area contributed by atoms with Crippen LogP contribution >= 0.6 is 0 Å². The molecule has 0 bridgehead atoms. The third-order valence-corrected chi connectivity index (χ3v) is 68.7. The van der Waals surface area contributed by atoms with Gasteiger partial charge in [-0.1, -0.05) is 26.2 Å². The zero-order valence-electron chi connectivity index (χ0n) is 14.5. The number of hydrogen-bond acceptors (Lipinski definition) is 4. The summed E-state index contributed by atoms with van der Waals surface area (Å²) >= 11 is 0. The van der Waals surface area contributed by atoms with Crippen molar-refractivity contribution in [3.8, 4) is 0 Å². The molecule has 1 fully saturated rings. The van der Waals surface area contributed by atoms with Crippen molar-refractivity contribution in [2.45, 2.75) is 52.4 Å². The van der Waals surface area contributed by atoms with Crippen LogP contribution in [0, 0.1) is 0 Å². The molecular formula is C8H32O4Si8. The third-order valence-electron chi connectivity index (χ3n) is 5.03. The molecule has 0 atom stereocenters. The summed E-state index contributed by atoms with van der Waals surface area (Å²) in [4.78, 5) is 0. The fraction of sp³-hybridized carbons (Fsp3) is 1.00. The van der Waals surface area contributed by atoms with Crippen LogP contribution in [-0.4, -0.2) is 68.5 Å². The van der Waals surface area contributed by atoms with Gasteiger partial charge in [0.25, 0.3) is 20.0 Å². The Hall–Kier alpha value is 1.58. The Morgan fingerprint density at radius 3 is 1.25 bits per heavy atom. The Morgan fingerprint density at radius 1 is 0.550 bits per heavy atom. The van der Waals surface area contributed by atoms with Crippen LogP contribution in [0.5, 0.6) is 0 Å². The molecule has 0 spiro atoms. The van der Waals surface area contributed by atoms with E-state index in [4.69, 9.17) is 16.5 Å². The van der Waals surface area contributed by atoms with Crippen molar-refractivity contribution in [2.75, 3.05) is 0 Å². The monoisotopic (exact) mass is 416 g/mol. The molecule has 12 heteroatoms. The fourth-order valence-corrected chi connectivity index (χ4v) is 57.0. The topological polar surface area (TPSA) is 36.9 Å². The lowest BCUT2D eigenvalue weighted by molar-refractivity contribution is 0.439. The van der Waals surface area contributed by atoms with E-state index in [2.05, 4.69) is 52.4 Å². The third kappa shape index (κ3) is 4.78. The lowest BCUT2D eigenvalue weighted by Gasteiger charge is -2.48. The second-order valence-electron chi connectivity index (χ2n) is 8.03. The summed E-state index contributed by atoms with van der Waals surface area (Å²) in [7, 11) is -8.21. The molecule has 20 heavy (non-hydrogen) atoms. The second-order valence-corrected chi connectivity index (χ2v) is 60.3. The minimum atomic E-state index is -1.60. The molecule has 1 rings (SSSR count). The van der Waals surface area contributed by atoms with Crippen LogP contribution in [-0.2, 0) is 16.5 Å². The van der Waals surface area contributed by atoms with E-state index in [1.54, 1.807) is 0 Å². The Morgan fingerprint density at radius 2 is 0.900 bits per heavy atom.